The van der Waals surface area contributed by atoms with Gasteiger partial charge in [0.1, 0.15) is 5.78 Å². The fourth-order valence-corrected chi connectivity index (χ4v) is 6.71. The van der Waals surface area contributed by atoms with E-state index in [0.717, 1.165) is 24.8 Å². The molecule has 0 radical (unpaired) electrons. The van der Waals surface area contributed by atoms with Crippen LogP contribution in [0.1, 0.15) is 19.3 Å². The van der Waals surface area contributed by atoms with Gasteiger partial charge in [-0.15, -0.1) is 0 Å². The second-order valence-electron chi connectivity index (χ2n) is 9.27. The maximum Gasteiger partial charge on any atom is 0.252 e. The smallest absolute Gasteiger partial charge is 0.252 e. The van der Waals surface area contributed by atoms with Crippen molar-refractivity contribution in [3.05, 3.63) is 35.5 Å². The highest BCUT2D eigenvalue weighted by Gasteiger charge is 2.56. The number of hydrogen-bond donors (Lipinski definition) is 1. The normalized spacial score (nSPS) is 44.6. The fraction of sp³-hybridized carbons (Fsp3) is 0.591. The number of primary amides is 1. The molecule has 5 aliphatic carbocycles. The Morgan fingerprint density at radius 1 is 1.11 bits per heavy atom. The molecule has 0 spiro atoms. The Hall–Kier alpha value is -2.01. The minimum absolute atomic E-state index is 0.0373. The minimum atomic E-state index is -0.679. The van der Waals surface area contributed by atoms with Gasteiger partial charge in [-0.1, -0.05) is 18.2 Å². The molecule has 7 unspecified atom stereocenters. The number of nitrogens with two attached hydrogens (primary N) is 1. The zero-order valence-corrected chi connectivity index (χ0v) is 15.8. The molecule has 0 aromatic carbocycles. The van der Waals surface area contributed by atoms with E-state index in [9.17, 15) is 14.4 Å². The van der Waals surface area contributed by atoms with Crippen LogP contribution < -0.4 is 5.73 Å². The fourth-order valence-electron chi connectivity index (χ4n) is 6.71. The third-order valence-electron chi connectivity index (χ3n) is 7.77. The molecule has 2 saturated carbocycles. The molecule has 2 N–H and O–H groups in total. The maximum atomic E-state index is 13.3. The van der Waals surface area contributed by atoms with Crippen molar-refractivity contribution in [1.29, 1.82) is 0 Å². The number of carbonyl (C=O) groups excluding carboxylic acids is 3. The van der Waals surface area contributed by atoms with Crippen molar-refractivity contribution in [3.8, 4) is 0 Å². The summed E-state index contributed by atoms with van der Waals surface area (Å²) in [5.41, 5.74) is 6.48. The van der Waals surface area contributed by atoms with Crippen molar-refractivity contribution in [1.82, 2.24) is 4.90 Å². The van der Waals surface area contributed by atoms with E-state index in [-0.39, 0.29) is 35.2 Å². The van der Waals surface area contributed by atoms with Crippen LogP contribution in [0.15, 0.2) is 35.5 Å². The summed E-state index contributed by atoms with van der Waals surface area (Å²) in [5, 5.41) is 0. The first-order valence-electron chi connectivity index (χ1n) is 10.0. The van der Waals surface area contributed by atoms with Crippen LogP contribution in [0.4, 0.5) is 0 Å². The van der Waals surface area contributed by atoms with Crippen LogP contribution in [0.3, 0.4) is 0 Å². The van der Waals surface area contributed by atoms with Gasteiger partial charge in [0, 0.05) is 17.8 Å². The first-order valence-corrected chi connectivity index (χ1v) is 10.0. The molecular formula is C22H26N2O3. The number of nitrogens with zero attached hydrogens (tertiary/aromatic N) is 1. The van der Waals surface area contributed by atoms with Gasteiger partial charge in [-0.2, -0.15) is 0 Å². The lowest BCUT2D eigenvalue weighted by molar-refractivity contribution is -0.133. The van der Waals surface area contributed by atoms with Gasteiger partial charge in [0.25, 0.3) is 5.91 Å². The molecule has 0 aromatic heterocycles. The second-order valence-corrected chi connectivity index (χ2v) is 9.27. The van der Waals surface area contributed by atoms with Crippen molar-refractivity contribution < 1.29 is 14.4 Å². The molecule has 5 rings (SSSR count). The van der Waals surface area contributed by atoms with Gasteiger partial charge in [0.15, 0.2) is 5.78 Å². The number of likely N-dealkylation sites (N-methyl/N-ethyl adjacent to an activating group) is 1. The lowest BCUT2D eigenvalue weighted by Gasteiger charge is -2.47. The highest BCUT2D eigenvalue weighted by Crippen LogP contribution is 2.57. The molecular weight excluding hydrogens is 340 g/mol. The summed E-state index contributed by atoms with van der Waals surface area (Å²) in [6.45, 7) is 0. The average molecular weight is 366 g/mol. The highest BCUT2D eigenvalue weighted by molar-refractivity contribution is 6.22. The number of Topliss-reactive ketones (excluding diaryl/α,β-unsaturated/α-hetero) is 2. The summed E-state index contributed by atoms with van der Waals surface area (Å²) in [7, 11) is 3.75. The highest BCUT2D eigenvalue weighted by atomic mass is 16.2. The molecule has 0 saturated heterocycles. The number of ketones is 2. The number of hydrogen-bond acceptors (Lipinski definition) is 4. The lowest BCUT2D eigenvalue weighted by atomic mass is 9.58. The van der Waals surface area contributed by atoms with E-state index in [1.165, 1.54) is 0 Å². The third-order valence-corrected chi connectivity index (χ3v) is 7.77. The zero-order chi connectivity index (χ0) is 19.0. The third kappa shape index (κ3) is 2.30. The van der Waals surface area contributed by atoms with Crippen LogP contribution >= 0.6 is 0 Å². The molecule has 2 bridgehead atoms. The largest absolute Gasteiger partial charge is 0.365 e. The van der Waals surface area contributed by atoms with Crippen molar-refractivity contribution in [3.63, 3.8) is 0 Å². The van der Waals surface area contributed by atoms with E-state index >= 15 is 0 Å². The van der Waals surface area contributed by atoms with Crippen LogP contribution in [-0.4, -0.2) is 42.5 Å². The number of rotatable bonds is 2. The number of carbonyl (C=O) groups is 3. The van der Waals surface area contributed by atoms with E-state index in [4.69, 9.17) is 5.73 Å². The molecule has 5 heteroatoms. The number of allylic oxidation sites excluding steroid dienone is 4. The predicted octanol–water partition coefficient (Wildman–Crippen LogP) is 1.50. The molecule has 142 valence electrons. The van der Waals surface area contributed by atoms with Gasteiger partial charge >= 0.3 is 0 Å². The summed E-state index contributed by atoms with van der Waals surface area (Å²) >= 11 is 0. The molecule has 0 heterocycles. The van der Waals surface area contributed by atoms with Gasteiger partial charge in [-0.3, -0.25) is 19.3 Å². The lowest BCUT2D eigenvalue weighted by Crippen LogP contribution is -2.51. The Balaban J connectivity index is 1.55. The van der Waals surface area contributed by atoms with Crippen LogP contribution in [-0.2, 0) is 14.4 Å². The first kappa shape index (κ1) is 17.1. The Morgan fingerprint density at radius 3 is 2.56 bits per heavy atom. The predicted molar refractivity (Wildman–Crippen MR) is 100 cm³/mol. The van der Waals surface area contributed by atoms with Gasteiger partial charge in [-0.25, -0.2) is 0 Å². The number of fused-ring (bicyclic) bond motifs is 7. The Bertz CT molecular complexity index is 836. The monoisotopic (exact) mass is 366 g/mol. The maximum absolute atomic E-state index is 13.3. The first-order chi connectivity index (χ1) is 12.9. The molecule has 0 aromatic rings. The summed E-state index contributed by atoms with van der Waals surface area (Å²) in [6, 6.07) is -0.377. The molecule has 1 amide bonds. The quantitative estimate of drug-likeness (QED) is 0.593. The van der Waals surface area contributed by atoms with Gasteiger partial charge in [0.05, 0.1) is 11.6 Å². The van der Waals surface area contributed by atoms with Crippen molar-refractivity contribution in [2.75, 3.05) is 14.1 Å². The summed E-state index contributed by atoms with van der Waals surface area (Å²) in [5.74, 6) is 1.42. The van der Waals surface area contributed by atoms with Crippen molar-refractivity contribution in [2.45, 2.75) is 25.3 Å². The summed E-state index contributed by atoms with van der Waals surface area (Å²) in [4.78, 5) is 39.9. The Labute approximate surface area is 159 Å². The Morgan fingerprint density at radius 2 is 1.85 bits per heavy atom. The summed E-state index contributed by atoms with van der Waals surface area (Å²) < 4.78 is 0. The molecule has 5 aliphatic rings. The SMILES string of the molecule is CN(C)[C@@H]1C(=O)C(C(N)=O)=CC2=CC3C(=O)C4C5C=CC(C5)C4CC3CC21. The van der Waals surface area contributed by atoms with E-state index in [0.29, 0.717) is 29.5 Å². The minimum Gasteiger partial charge on any atom is -0.365 e. The van der Waals surface area contributed by atoms with Crippen molar-refractivity contribution >= 4 is 17.5 Å². The molecule has 8 atom stereocenters. The molecule has 27 heavy (non-hydrogen) atoms. The molecule has 0 aliphatic heterocycles. The topological polar surface area (TPSA) is 80.5 Å². The van der Waals surface area contributed by atoms with Gasteiger partial charge < -0.3 is 5.73 Å². The Kier molecular flexibility index (Phi) is 3.64. The van der Waals surface area contributed by atoms with Crippen molar-refractivity contribution in [2.24, 2.45) is 47.2 Å². The van der Waals surface area contributed by atoms with Crippen LogP contribution in [0.25, 0.3) is 0 Å². The molecule has 2 fully saturated rings. The number of amides is 1. The van der Waals surface area contributed by atoms with Crippen LogP contribution in [0, 0.1) is 41.4 Å². The standard InChI is InChI=1S/C22H26N2O3/c1-24(2)19-15-7-13-6-14-10-3-4-11(5-10)18(14)20(25)16(13)8-12(15)9-17(21(19)26)22(23)27/h3-4,8-11,13-16,18-19H,5-7H2,1-2H3,(H2,23,27)/t10?,11?,13?,14?,15?,16?,18?,19-/m0/s1. The molecule has 5 nitrogen and oxygen atoms in total. The van der Waals surface area contributed by atoms with E-state index in [1.54, 1.807) is 6.08 Å². The van der Waals surface area contributed by atoms with E-state index in [2.05, 4.69) is 18.2 Å². The van der Waals surface area contributed by atoms with E-state index in [1.807, 2.05) is 19.0 Å². The van der Waals surface area contributed by atoms with Crippen LogP contribution in [0.2, 0.25) is 0 Å². The van der Waals surface area contributed by atoms with E-state index < -0.39 is 5.91 Å². The van der Waals surface area contributed by atoms with Gasteiger partial charge in [-0.05, 0) is 68.7 Å². The average Bonchev–Trinajstić information content (AvgIpc) is 3.21. The van der Waals surface area contributed by atoms with Gasteiger partial charge in [0.2, 0.25) is 0 Å². The zero-order valence-electron chi connectivity index (χ0n) is 15.8. The summed E-state index contributed by atoms with van der Waals surface area (Å²) in [6.07, 6.45) is 11.3. The second kappa shape index (κ2) is 5.74. The van der Waals surface area contributed by atoms with Crippen LogP contribution in [0.5, 0.6) is 0 Å².